The highest BCUT2D eigenvalue weighted by Gasteiger charge is 2.19. The van der Waals surface area contributed by atoms with Crippen molar-refractivity contribution in [2.75, 3.05) is 26.2 Å². The Bertz CT molecular complexity index is 657. The number of aromatic amines is 1. The summed E-state index contributed by atoms with van der Waals surface area (Å²) >= 11 is 12.2. The van der Waals surface area contributed by atoms with Crippen LogP contribution < -0.4 is 0 Å². The van der Waals surface area contributed by atoms with Crippen molar-refractivity contribution in [1.29, 1.82) is 0 Å². The number of halogens is 2. The van der Waals surface area contributed by atoms with E-state index in [2.05, 4.69) is 28.9 Å². The molecule has 24 heavy (non-hydrogen) atoms. The molecule has 0 saturated heterocycles. The Hall–Kier alpha value is -1.56. The highest BCUT2D eigenvalue weighted by Crippen LogP contribution is 2.22. The standard InChI is InChI=1S/C17H22Cl2N4O/c1-3-22(4-2)9-10-23(17(24)16-7-8-20-21-16)12-13-5-6-14(18)11-15(13)19/h5-8,11H,3-4,9-10,12H2,1-2H3,(H,20,21). The minimum Gasteiger partial charge on any atom is -0.332 e. The Morgan fingerprint density at radius 1 is 1.17 bits per heavy atom. The molecule has 7 heteroatoms. The fraction of sp³-hybridized carbons (Fsp3) is 0.412. The summed E-state index contributed by atoms with van der Waals surface area (Å²) in [5.41, 5.74) is 1.34. The molecule has 1 heterocycles. The van der Waals surface area contributed by atoms with Crippen LogP contribution in [0, 0.1) is 0 Å². The van der Waals surface area contributed by atoms with Crippen molar-refractivity contribution >= 4 is 29.1 Å². The Labute approximate surface area is 152 Å². The van der Waals surface area contributed by atoms with E-state index < -0.39 is 0 Å². The lowest BCUT2D eigenvalue weighted by Gasteiger charge is -2.26. The molecule has 0 unspecified atom stereocenters. The normalized spacial score (nSPS) is 11.0. The lowest BCUT2D eigenvalue weighted by molar-refractivity contribution is 0.0718. The summed E-state index contributed by atoms with van der Waals surface area (Å²) in [5, 5.41) is 7.74. The molecule has 0 aliphatic rings. The summed E-state index contributed by atoms with van der Waals surface area (Å²) in [7, 11) is 0. The van der Waals surface area contributed by atoms with E-state index in [4.69, 9.17) is 23.2 Å². The first-order valence-electron chi connectivity index (χ1n) is 8.00. The van der Waals surface area contributed by atoms with Crippen molar-refractivity contribution in [3.05, 3.63) is 51.8 Å². The summed E-state index contributed by atoms with van der Waals surface area (Å²) in [6, 6.07) is 7.01. The van der Waals surface area contributed by atoms with Gasteiger partial charge in [-0.2, -0.15) is 5.10 Å². The Morgan fingerprint density at radius 2 is 1.92 bits per heavy atom. The fourth-order valence-corrected chi connectivity index (χ4v) is 2.92. The zero-order valence-corrected chi connectivity index (χ0v) is 15.4. The molecule has 0 aliphatic heterocycles. The van der Waals surface area contributed by atoms with E-state index in [9.17, 15) is 4.79 Å². The van der Waals surface area contributed by atoms with Crippen LogP contribution in [0.5, 0.6) is 0 Å². The number of H-pyrrole nitrogens is 1. The maximum absolute atomic E-state index is 12.7. The van der Waals surface area contributed by atoms with Gasteiger partial charge in [-0.3, -0.25) is 9.89 Å². The first-order valence-corrected chi connectivity index (χ1v) is 8.75. The van der Waals surface area contributed by atoms with E-state index in [0.717, 1.165) is 25.2 Å². The van der Waals surface area contributed by atoms with Gasteiger partial charge in [-0.05, 0) is 36.9 Å². The molecule has 0 spiro atoms. The number of nitrogens with one attached hydrogen (secondary N) is 1. The molecule has 130 valence electrons. The molecule has 0 aliphatic carbocycles. The topological polar surface area (TPSA) is 52.2 Å². The van der Waals surface area contributed by atoms with Gasteiger partial charge < -0.3 is 9.80 Å². The van der Waals surface area contributed by atoms with Crippen molar-refractivity contribution in [3.63, 3.8) is 0 Å². The third-order valence-corrected chi connectivity index (χ3v) is 4.56. The molecule has 1 N–H and O–H groups in total. The number of rotatable bonds is 8. The summed E-state index contributed by atoms with van der Waals surface area (Å²) in [4.78, 5) is 16.8. The SMILES string of the molecule is CCN(CC)CCN(Cc1ccc(Cl)cc1Cl)C(=O)c1ccn[nH]1. The number of carbonyl (C=O) groups is 1. The molecule has 0 saturated carbocycles. The summed E-state index contributed by atoms with van der Waals surface area (Å²) < 4.78 is 0. The van der Waals surface area contributed by atoms with Crippen LogP contribution in [-0.2, 0) is 6.54 Å². The molecule has 1 aromatic heterocycles. The first-order chi connectivity index (χ1) is 11.5. The van der Waals surface area contributed by atoms with Crippen LogP contribution in [0.3, 0.4) is 0 Å². The van der Waals surface area contributed by atoms with Crippen molar-refractivity contribution < 1.29 is 4.79 Å². The quantitative estimate of drug-likeness (QED) is 0.772. The third-order valence-electron chi connectivity index (χ3n) is 3.98. The number of hydrogen-bond donors (Lipinski definition) is 1. The summed E-state index contributed by atoms with van der Waals surface area (Å²) in [5.74, 6) is -0.0920. The van der Waals surface area contributed by atoms with Gasteiger partial charge in [-0.15, -0.1) is 0 Å². The first kappa shape index (κ1) is 18.8. The lowest BCUT2D eigenvalue weighted by atomic mass is 10.2. The summed E-state index contributed by atoms with van der Waals surface area (Å²) in [6.45, 7) is 7.96. The minimum atomic E-state index is -0.0920. The van der Waals surface area contributed by atoms with E-state index in [0.29, 0.717) is 28.8 Å². The number of carbonyl (C=O) groups excluding carboxylic acids is 1. The van der Waals surface area contributed by atoms with E-state index in [1.165, 1.54) is 0 Å². The highest BCUT2D eigenvalue weighted by atomic mass is 35.5. The van der Waals surface area contributed by atoms with Crippen LogP contribution in [0.1, 0.15) is 29.9 Å². The van der Waals surface area contributed by atoms with Crippen LogP contribution in [0.4, 0.5) is 0 Å². The van der Waals surface area contributed by atoms with Crippen LogP contribution in [0.15, 0.2) is 30.5 Å². The van der Waals surface area contributed by atoms with E-state index in [1.54, 1.807) is 29.3 Å². The van der Waals surface area contributed by atoms with Gasteiger partial charge in [0, 0.05) is 35.9 Å². The second kappa shape index (κ2) is 9.06. The monoisotopic (exact) mass is 368 g/mol. The second-order valence-corrected chi connectivity index (χ2v) is 6.30. The van der Waals surface area contributed by atoms with E-state index in [-0.39, 0.29) is 5.91 Å². The van der Waals surface area contributed by atoms with Gasteiger partial charge in [0.05, 0.1) is 0 Å². The molecule has 5 nitrogen and oxygen atoms in total. The van der Waals surface area contributed by atoms with E-state index >= 15 is 0 Å². The van der Waals surface area contributed by atoms with Gasteiger partial charge in [-0.25, -0.2) is 0 Å². The maximum Gasteiger partial charge on any atom is 0.272 e. The zero-order valence-electron chi connectivity index (χ0n) is 13.9. The molecule has 2 aromatic rings. The van der Waals surface area contributed by atoms with Gasteiger partial charge in [0.2, 0.25) is 0 Å². The average molecular weight is 369 g/mol. The summed E-state index contributed by atoms with van der Waals surface area (Å²) in [6.07, 6.45) is 1.57. The molecule has 0 atom stereocenters. The number of aromatic nitrogens is 2. The minimum absolute atomic E-state index is 0.0920. The predicted octanol–water partition coefficient (Wildman–Crippen LogP) is 3.70. The van der Waals surface area contributed by atoms with Gasteiger partial charge in [-0.1, -0.05) is 43.1 Å². The van der Waals surface area contributed by atoms with E-state index in [1.807, 2.05) is 6.07 Å². The van der Waals surface area contributed by atoms with Crippen molar-refractivity contribution in [1.82, 2.24) is 20.0 Å². The van der Waals surface area contributed by atoms with Crippen LogP contribution in [0.25, 0.3) is 0 Å². The van der Waals surface area contributed by atoms with Gasteiger partial charge >= 0.3 is 0 Å². The zero-order chi connectivity index (χ0) is 17.5. The fourth-order valence-electron chi connectivity index (χ4n) is 2.46. The average Bonchev–Trinajstić information content (AvgIpc) is 3.10. The molecule has 2 rings (SSSR count). The van der Waals surface area contributed by atoms with Crippen LogP contribution in [-0.4, -0.2) is 52.1 Å². The number of hydrogen-bond acceptors (Lipinski definition) is 3. The maximum atomic E-state index is 12.7. The number of nitrogens with zero attached hydrogens (tertiary/aromatic N) is 3. The molecule has 1 amide bonds. The van der Waals surface area contributed by atoms with Gasteiger partial charge in [0.15, 0.2) is 0 Å². The largest absolute Gasteiger partial charge is 0.332 e. The molecule has 0 fully saturated rings. The molecule has 1 aromatic carbocycles. The predicted molar refractivity (Wildman–Crippen MR) is 97.6 cm³/mol. The third kappa shape index (κ3) is 4.97. The molecular weight excluding hydrogens is 347 g/mol. The lowest BCUT2D eigenvalue weighted by Crippen LogP contribution is -2.38. The second-order valence-electron chi connectivity index (χ2n) is 5.46. The van der Waals surface area contributed by atoms with Crippen LogP contribution in [0.2, 0.25) is 10.0 Å². The molecule has 0 bridgehead atoms. The number of benzene rings is 1. The Morgan fingerprint density at radius 3 is 2.50 bits per heavy atom. The smallest absolute Gasteiger partial charge is 0.272 e. The Kier molecular flexibility index (Phi) is 7.09. The van der Waals surface area contributed by atoms with Crippen molar-refractivity contribution in [2.45, 2.75) is 20.4 Å². The number of amides is 1. The van der Waals surface area contributed by atoms with Crippen molar-refractivity contribution in [3.8, 4) is 0 Å². The van der Waals surface area contributed by atoms with Crippen LogP contribution >= 0.6 is 23.2 Å². The number of likely N-dealkylation sites (N-methyl/N-ethyl adjacent to an activating group) is 1. The Balaban J connectivity index is 2.16. The van der Waals surface area contributed by atoms with Gasteiger partial charge in [0.25, 0.3) is 5.91 Å². The molecule has 0 radical (unpaired) electrons. The van der Waals surface area contributed by atoms with Gasteiger partial charge in [0.1, 0.15) is 5.69 Å². The molecular formula is C17H22Cl2N4O. The highest BCUT2D eigenvalue weighted by molar-refractivity contribution is 6.35. The van der Waals surface area contributed by atoms with Crippen molar-refractivity contribution in [2.24, 2.45) is 0 Å².